The van der Waals surface area contributed by atoms with Crippen molar-refractivity contribution in [3.05, 3.63) is 46.3 Å². The number of halogens is 3. The van der Waals surface area contributed by atoms with Gasteiger partial charge in [0.1, 0.15) is 0 Å². The van der Waals surface area contributed by atoms with Crippen molar-refractivity contribution in [2.24, 2.45) is 5.73 Å². The van der Waals surface area contributed by atoms with Gasteiger partial charge in [0.05, 0.1) is 16.1 Å². The molecule has 3 aromatic rings. The van der Waals surface area contributed by atoms with Gasteiger partial charge >= 0.3 is 6.18 Å². The maximum atomic E-state index is 13.1. The van der Waals surface area contributed by atoms with E-state index >= 15 is 0 Å². The summed E-state index contributed by atoms with van der Waals surface area (Å²) in [6, 6.07) is 7.95. The Morgan fingerprint density at radius 1 is 1.12 bits per heavy atom. The van der Waals surface area contributed by atoms with E-state index < -0.39 is 11.7 Å². The van der Waals surface area contributed by atoms with Crippen LogP contribution >= 0.6 is 11.3 Å². The van der Waals surface area contributed by atoms with Crippen LogP contribution in [0, 0.1) is 6.92 Å². The molecule has 6 heteroatoms. The number of aryl methyl sites for hydroxylation is 2. The van der Waals surface area contributed by atoms with Gasteiger partial charge in [-0.3, -0.25) is 0 Å². The first-order chi connectivity index (χ1) is 11.4. The highest BCUT2D eigenvalue weighted by atomic mass is 32.1. The van der Waals surface area contributed by atoms with Gasteiger partial charge in [0.25, 0.3) is 0 Å². The van der Waals surface area contributed by atoms with Gasteiger partial charge in [-0.1, -0.05) is 0 Å². The number of nitrogens with two attached hydrogens (primary N) is 1. The molecule has 3 rings (SSSR count). The highest BCUT2D eigenvalue weighted by Crippen LogP contribution is 2.38. The second-order valence-electron chi connectivity index (χ2n) is 5.89. The maximum absolute atomic E-state index is 13.1. The Bertz CT molecular complexity index is 846. The van der Waals surface area contributed by atoms with E-state index in [1.54, 1.807) is 11.3 Å². The number of aromatic amines is 1. The normalized spacial score (nSPS) is 12.2. The van der Waals surface area contributed by atoms with E-state index in [0.29, 0.717) is 18.4 Å². The van der Waals surface area contributed by atoms with E-state index in [2.05, 4.69) is 4.98 Å². The minimum Gasteiger partial charge on any atom is -0.354 e. The predicted octanol–water partition coefficient (Wildman–Crippen LogP) is 5.51. The quantitative estimate of drug-likeness (QED) is 0.585. The third kappa shape index (κ3) is 3.35. The van der Waals surface area contributed by atoms with Crippen LogP contribution in [-0.4, -0.2) is 11.5 Å². The topological polar surface area (TPSA) is 41.8 Å². The number of unbranched alkanes of at least 4 members (excludes halogenated alkanes) is 1. The van der Waals surface area contributed by atoms with Gasteiger partial charge in [0.15, 0.2) is 0 Å². The second kappa shape index (κ2) is 6.61. The summed E-state index contributed by atoms with van der Waals surface area (Å²) in [5.74, 6) is 0. The minimum absolute atomic E-state index is 0.587. The molecule has 0 radical (unpaired) electrons. The van der Waals surface area contributed by atoms with Gasteiger partial charge in [-0.25, -0.2) is 0 Å². The molecule has 24 heavy (non-hydrogen) atoms. The smallest absolute Gasteiger partial charge is 0.354 e. The fourth-order valence-corrected chi connectivity index (χ4v) is 3.80. The number of aromatic nitrogens is 1. The Balaban J connectivity index is 2.14. The van der Waals surface area contributed by atoms with Gasteiger partial charge < -0.3 is 10.7 Å². The first-order valence-electron chi connectivity index (χ1n) is 7.89. The summed E-state index contributed by atoms with van der Waals surface area (Å²) < 4.78 is 39.2. The molecule has 2 heterocycles. The summed E-state index contributed by atoms with van der Waals surface area (Å²) in [6.07, 6.45) is -1.91. The molecule has 2 aromatic heterocycles. The molecule has 0 aliphatic heterocycles. The lowest BCUT2D eigenvalue weighted by atomic mass is 10.0. The van der Waals surface area contributed by atoms with E-state index in [9.17, 15) is 13.2 Å². The number of hydrogen-bond donors (Lipinski definition) is 2. The molecule has 0 fully saturated rings. The highest BCUT2D eigenvalue weighted by molar-refractivity contribution is 7.15. The molecule has 1 aromatic carbocycles. The van der Waals surface area contributed by atoms with Crippen LogP contribution in [0.5, 0.6) is 0 Å². The van der Waals surface area contributed by atoms with Crippen LogP contribution in [0.2, 0.25) is 0 Å². The zero-order valence-electron chi connectivity index (χ0n) is 13.3. The van der Waals surface area contributed by atoms with Crippen LogP contribution in [0.25, 0.3) is 21.5 Å². The number of nitrogens with one attached hydrogen (secondary N) is 1. The SMILES string of the molecule is Cc1ccc(-c2[nH]c3ccc(C(F)(F)F)cc3c2CCCCN)s1. The van der Waals surface area contributed by atoms with Gasteiger partial charge in [-0.2, -0.15) is 13.2 Å². The van der Waals surface area contributed by atoms with Crippen molar-refractivity contribution in [3.63, 3.8) is 0 Å². The van der Waals surface area contributed by atoms with Crippen LogP contribution in [0.4, 0.5) is 13.2 Å². The molecule has 0 spiro atoms. The number of rotatable bonds is 5. The molecule has 0 aliphatic carbocycles. The zero-order chi connectivity index (χ0) is 17.3. The molecule has 2 nitrogen and oxygen atoms in total. The standard InChI is InChI=1S/C18H19F3N2S/c1-11-5-8-16(24-11)17-13(4-2-3-9-22)14-10-12(18(19,20)21)6-7-15(14)23-17/h5-8,10,23H,2-4,9,22H2,1H3. The van der Waals surface area contributed by atoms with E-state index in [4.69, 9.17) is 5.73 Å². The van der Waals surface area contributed by atoms with Crippen molar-refractivity contribution in [2.75, 3.05) is 6.54 Å². The molecule has 0 unspecified atom stereocenters. The van der Waals surface area contributed by atoms with Crippen molar-refractivity contribution in [1.29, 1.82) is 0 Å². The summed E-state index contributed by atoms with van der Waals surface area (Å²) in [6.45, 7) is 2.61. The van der Waals surface area contributed by atoms with Gasteiger partial charge in [-0.05, 0) is 68.6 Å². The van der Waals surface area contributed by atoms with E-state index in [1.807, 2.05) is 19.1 Å². The number of thiophene rings is 1. The van der Waals surface area contributed by atoms with Crippen molar-refractivity contribution in [2.45, 2.75) is 32.4 Å². The molecule has 0 amide bonds. The highest BCUT2D eigenvalue weighted by Gasteiger charge is 2.31. The Labute approximate surface area is 142 Å². The number of benzene rings is 1. The summed E-state index contributed by atoms with van der Waals surface area (Å²) >= 11 is 1.64. The molecule has 0 aliphatic rings. The molecule has 128 valence electrons. The van der Waals surface area contributed by atoms with Crippen molar-refractivity contribution in [1.82, 2.24) is 4.98 Å². The fourth-order valence-electron chi connectivity index (χ4n) is 2.91. The van der Waals surface area contributed by atoms with Crippen LogP contribution in [0.1, 0.15) is 28.8 Å². The minimum atomic E-state index is -4.33. The third-order valence-corrected chi connectivity index (χ3v) is 5.12. The van der Waals surface area contributed by atoms with E-state index in [-0.39, 0.29) is 0 Å². The lowest BCUT2D eigenvalue weighted by Gasteiger charge is -2.07. The van der Waals surface area contributed by atoms with Crippen molar-refractivity contribution < 1.29 is 13.2 Å². The van der Waals surface area contributed by atoms with Gasteiger partial charge in [0.2, 0.25) is 0 Å². The van der Waals surface area contributed by atoms with E-state index in [0.717, 1.165) is 40.6 Å². The first-order valence-corrected chi connectivity index (χ1v) is 8.70. The third-order valence-electron chi connectivity index (χ3n) is 4.10. The number of hydrogen-bond acceptors (Lipinski definition) is 2. The Morgan fingerprint density at radius 2 is 1.92 bits per heavy atom. The maximum Gasteiger partial charge on any atom is 0.416 e. The largest absolute Gasteiger partial charge is 0.416 e. The lowest BCUT2D eigenvalue weighted by Crippen LogP contribution is -2.04. The summed E-state index contributed by atoms with van der Waals surface area (Å²) in [4.78, 5) is 5.54. The average Bonchev–Trinajstić information content (AvgIpc) is 3.10. The van der Waals surface area contributed by atoms with Crippen LogP contribution in [0.15, 0.2) is 30.3 Å². The number of fused-ring (bicyclic) bond motifs is 1. The lowest BCUT2D eigenvalue weighted by molar-refractivity contribution is -0.137. The van der Waals surface area contributed by atoms with Crippen LogP contribution < -0.4 is 5.73 Å². The number of alkyl halides is 3. The average molecular weight is 352 g/mol. The van der Waals surface area contributed by atoms with Crippen LogP contribution in [0.3, 0.4) is 0 Å². The van der Waals surface area contributed by atoms with Crippen molar-refractivity contribution in [3.8, 4) is 10.6 Å². The Morgan fingerprint density at radius 3 is 2.54 bits per heavy atom. The summed E-state index contributed by atoms with van der Waals surface area (Å²) in [5, 5.41) is 0.655. The molecule has 0 bridgehead atoms. The molecule has 0 saturated heterocycles. The fraction of sp³-hybridized carbons (Fsp3) is 0.333. The van der Waals surface area contributed by atoms with Crippen molar-refractivity contribution >= 4 is 22.2 Å². The molecular formula is C18H19F3N2S. The molecule has 0 saturated carbocycles. The number of H-pyrrole nitrogens is 1. The van der Waals surface area contributed by atoms with E-state index in [1.165, 1.54) is 17.0 Å². The zero-order valence-corrected chi connectivity index (χ0v) is 14.2. The Hall–Kier alpha value is -1.79. The second-order valence-corrected chi connectivity index (χ2v) is 7.18. The van der Waals surface area contributed by atoms with Gasteiger partial charge in [0, 0.05) is 15.8 Å². The first kappa shape index (κ1) is 17.0. The molecular weight excluding hydrogens is 333 g/mol. The van der Waals surface area contributed by atoms with Crippen LogP contribution in [-0.2, 0) is 12.6 Å². The molecule has 3 N–H and O–H groups in total. The molecule has 0 atom stereocenters. The summed E-state index contributed by atoms with van der Waals surface area (Å²) in [7, 11) is 0. The Kier molecular flexibility index (Phi) is 4.69. The predicted molar refractivity (Wildman–Crippen MR) is 93.3 cm³/mol. The monoisotopic (exact) mass is 352 g/mol. The summed E-state index contributed by atoms with van der Waals surface area (Å²) in [5.41, 5.74) is 7.57. The van der Waals surface area contributed by atoms with Gasteiger partial charge in [-0.15, -0.1) is 11.3 Å².